The first kappa shape index (κ1) is 10.2. The molecular formula is C14H16O. The third-order valence-electron chi connectivity index (χ3n) is 3.99. The highest BCUT2D eigenvalue weighted by molar-refractivity contribution is 5.91. The molecule has 0 aromatic heterocycles. The molecule has 0 aromatic rings. The average Bonchev–Trinajstić information content (AvgIpc) is 2.25. The van der Waals surface area contributed by atoms with Crippen LogP contribution in [0.3, 0.4) is 0 Å². The molecule has 0 amide bonds. The lowest BCUT2D eigenvalue weighted by atomic mass is 9.55. The van der Waals surface area contributed by atoms with Crippen molar-refractivity contribution in [3.63, 3.8) is 0 Å². The molecule has 3 aliphatic carbocycles. The molecule has 1 nitrogen and oxygen atoms in total. The molecule has 3 aliphatic rings. The van der Waals surface area contributed by atoms with Gasteiger partial charge in [0.25, 0.3) is 0 Å². The molecule has 1 heteroatoms. The molecule has 0 aromatic carbocycles. The third kappa shape index (κ3) is 1.28. The van der Waals surface area contributed by atoms with Gasteiger partial charge in [-0.2, -0.15) is 0 Å². The summed E-state index contributed by atoms with van der Waals surface area (Å²) >= 11 is 0. The third-order valence-corrected chi connectivity index (χ3v) is 3.99. The lowest BCUT2D eigenvalue weighted by molar-refractivity contribution is -0.138. The maximum atomic E-state index is 12.3. The molecule has 4 unspecified atom stereocenters. The normalized spacial score (nSPS) is 42.7. The maximum Gasteiger partial charge on any atom is 0.147 e. The van der Waals surface area contributed by atoms with Crippen molar-refractivity contribution in [1.29, 1.82) is 0 Å². The Morgan fingerprint density at radius 2 is 2.47 bits per heavy atom. The minimum atomic E-state index is -0.326. The van der Waals surface area contributed by atoms with Gasteiger partial charge in [-0.15, -0.1) is 18.9 Å². The monoisotopic (exact) mass is 200 g/mol. The van der Waals surface area contributed by atoms with E-state index in [1.165, 1.54) is 0 Å². The lowest BCUT2D eigenvalue weighted by Crippen LogP contribution is -2.49. The van der Waals surface area contributed by atoms with E-state index in [0.717, 1.165) is 6.42 Å². The Kier molecular flexibility index (Phi) is 2.31. The molecule has 4 atom stereocenters. The van der Waals surface area contributed by atoms with Crippen LogP contribution in [0.1, 0.15) is 19.8 Å². The van der Waals surface area contributed by atoms with Crippen LogP contribution in [0.5, 0.6) is 0 Å². The smallest absolute Gasteiger partial charge is 0.147 e. The summed E-state index contributed by atoms with van der Waals surface area (Å²) in [6.07, 6.45) is 13.1. The number of hydrogen-bond acceptors (Lipinski definition) is 1. The van der Waals surface area contributed by atoms with E-state index in [1.54, 1.807) is 0 Å². The van der Waals surface area contributed by atoms with Crippen molar-refractivity contribution in [2.24, 2.45) is 23.2 Å². The molecular weight excluding hydrogens is 184 g/mol. The standard InChI is InChI=1S/C14H16O/c1-4-8-14(3)11-6-7-12(13(14)15)10(5-2)9-11/h1,5-7,10-12H,2,8-9H2,3H3. The second-order valence-electron chi connectivity index (χ2n) is 4.82. The largest absolute Gasteiger partial charge is 0.298 e. The Hall–Kier alpha value is -1.29. The zero-order valence-electron chi connectivity index (χ0n) is 9.07. The van der Waals surface area contributed by atoms with E-state index in [2.05, 4.69) is 18.6 Å². The van der Waals surface area contributed by atoms with Crippen LogP contribution in [0.15, 0.2) is 24.8 Å². The predicted molar refractivity (Wildman–Crippen MR) is 61.0 cm³/mol. The van der Waals surface area contributed by atoms with Crippen molar-refractivity contribution in [2.45, 2.75) is 19.8 Å². The summed E-state index contributed by atoms with van der Waals surface area (Å²) in [6.45, 7) is 5.81. The van der Waals surface area contributed by atoms with E-state index in [1.807, 2.05) is 19.1 Å². The maximum absolute atomic E-state index is 12.3. The van der Waals surface area contributed by atoms with Crippen LogP contribution in [0.4, 0.5) is 0 Å². The Morgan fingerprint density at radius 3 is 3.00 bits per heavy atom. The molecule has 0 spiro atoms. The summed E-state index contributed by atoms with van der Waals surface area (Å²) in [5.74, 6) is 3.59. The Bertz CT molecular complexity index is 371. The van der Waals surface area contributed by atoms with Gasteiger partial charge in [0.2, 0.25) is 0 Å². The molecule has 15 heavy (non-hydrogen) atoms. The van der Waals surface area contributed by atoms with Gasteiger partial charge in [0, 0.05) is 17.8 Å². The molecule has 1 fully saturated rings. The fourth-order valence-electron chi connectivity index (χ4n) is 2.91. The number of terminal acetylenes is 1. The topological polar surface area (TPSA) is 17.1 Å². The van der Waals surface area contributed by atoms with Gasteiger partial charge in [-0.25, -0.2) is 0 Å². The van der Waals surface area contributed by atoms with Gasteiger partial charge in [0.15, 0.2) is 0 Å². The fraction of sp³-hybridized carbons (Fsp3) is 0.500. The quantitative estimate of drug-likeness (QED) is 0.494. The molecule has 3 rings (SSSR count). The molecule has 0 saturated heterocycles. The van der Waals surface area contributed by atoms with Crippen molar-refractivity contribution in [3.05, 3.63) is 24.8 Å². The number of Topliss-reactive ketones (excluding diaryl/α,β-unsaturated/α-hetero) is 1. The van der Waals surface area contributed by atoms with Crippen LogP contribution >= 0.6 is 0 Å². The Balaban J connectivity index is 2.37. The van der Waals surface area contributed by atoms with Gasteiger partial charge in [-0.3, -0.25) is 4.79 Å². The number of rotatable bonds is 2. The van der Waals surface area contributed by atoms with E-state index >= 15 is 0 Å². The van der Waals surface area contributed by atoms with E-state index in [4.69, 9.17) is 6.42 Å². The van der Waals surface area contributed by atoms with E-state index < -0.39 is 0 Å². The van der Waals surface area contributed by atoms with Crippen molar-refractivity contribution < 1.29 is 4.79 Å². The molecule has 78 valence electrons. The Labute approximate surface area is 91.3 Å². The van der Waals surface area contributed by atoms with Gasteiger partial charge in [0.1, 0.15) is 5.78 Å². The van der Waals surface area contributed by atoms with Crippen LogP contribution in [0, 0.1) is 35.5 Å². The zero-order chi connectivity index (χ0) is 11.1. The van der Waals surface area contributed by atoms with E-state index in [0.29, 0.717) is 24.0 Å². The first-order valence-electron chi connectivity index (χ1n) is 5.42. The van der Waals surface area contributed by atoms with Crippen LogP contribution in [0.25, 0.3) is 0 Å². The summed E-state index contributed by atoms with van der Waals surface area (Å²) in [5.41, 5.74) is -0.326. The van der Waals surface area contributed by atoms with Crippen molar-refractivity contribution in [3.8, 4) is 12.3 Å². The average molecular weight is 200 g/mol. The molecule has 0 radical (unpaired) electrons. The summed E-state index contributed by atoms with van der Waals surface area (Å²) in [4.78, 5) is 12.3. The highest BCUT2D eigenvalue weighted by Gasteiger charge is 2.51. The lowest BCUT2D eigenvalue weighted by Gasteiger charge is -2.47. The van der Waals surface area contributed by atoms with Crippen LogP contribution in [-0.4, -0.2) is 5.78 Å². The molecule has 1 saturated carbocycles. The first-order valence-corrected chi connectivity index (χ1v) is 5.42. The van der Waals surface area contributed by atoms with Crippen LogP contribution < -0.4 is 0 Å². The number of ketones is 1. The van der Waals surface area contributed by atoms with Gasteiger partial charge >= 0.3 is 0 Å². The summed E-state index contributed by atoms with van der Waals surface area (Å²) in [7, 11) is 0. The van der Waals surface area contributed by atoms with Gasteiger partial charge in [0.05, 0.1) is 0 Å². The Morgan fingerprint density at radius 1 is 1.73 bits per heavy atom. The summed E-state index contributed by atoms with van der Waals surface area (Å²) < 4.78 is 0. The van der Waals surface area contributed by atoms with Crippen LogP contribution in [0.2, 0.25) is 0 Å². The SMILES string of the molecule is C#CCC1(C)C(=O)C2C=CC1CC2C=C. The molecule has 0 aliphatic heterocycles. The van der Waals surface area contributed by atoms with E-state index in [-0.39, 0.29) is 11.3 Å². The molecule has 0 heterocycles. The van der Waals surface area contributed by atoms with Gasteiger partial charge in [-0.05, 0) is 18.3 Å². The summed E-state index contributed by atoms with van der Waals surface area (Å²) in [5, 5.41) is 0. The number of hydrogen-bond donors (Lipinski definition) is 0. The second kappa shape index (κ2) is 3.38. The summed E-state index contributed by atoms with van der Waals surface area (Å²) in [6, 6.07) is 0. The minimum absolute atomic E-state index is 0.0193. The predicted octanol–water partition coefficient (Wildman–Crippen LogP) is 2.59. The van der Waals surface area contributed by atoms with E-state index in [9.17, 15) is 4.79 Å². The fourth-order valence-corrected chi connectivity index (χ4v) is 2.91. The number of carbonyl (C=O) groups excluding carboxylic acids is 1. The highest BCUT2D eigenvalue weighted by atomic mass is 16.1. The molecule has 2 bridgehead atoms. The van der Waals surface area contributed by atoms with Gasteiger partial charge < -0.3 is 0 Å². The molecule has 0 N–H and O–H groups in total. The highest BCUT2D eigenvalue weighted by Crippen LogP contribution is 2.50. The number of fused-ring (bicyclic) bond motifs is 2. The second-order valence-corrected chi connectivity index (χ2v) is 4.82. The van der Waals surface area contributed by atoms with Crippen molar-refractivity contribution in [1.82, 2.24) is 0 Å². The number of carbonyl (C=O) groups is 1. The zero-order valence-corrected chi connectivity index (χ0v) is 9.07. The van der Waals surface area contributed by atoms with Crippen LogP contribution in [-0.2, 0) is 4.79 Å². The number of allylic oxidation sites excluding steroid dienone is 3. The minimum Gasteiger partial charge on any atom is -0.298 e. The first-order chi connectivity index (χ1) is 7.13. The van der Waals surface area contributed by atoms with Crippen molar-refractivity contribution >= 4 is 5.78 Å². The van der Waals surface area contributed by atoms with Gasteiger partial charge in [-0.1, -0.05) is 25.2 Å². The van der Waals surface area contributed by atoms with Crippen molar-refractivity contribution in [2.75, 3.05) is 0 Å².